The molecule has 2 heteroatoms. The van der Waals surface area contributed by atoms with Gasteiger partial charge < -0.3 is 9.64 Å². The van der Waals surface area contributed by atoms with Gasteiger partial charge in [0.2, 0.25) is 0 Å². The Kier molecular flexibility index (Phi) is 8.03. The monoisotopic (exact) mass is 387 g/mol. The Morgan fingerprint density at radius 2 is 1.00 bits per heavy atom. The van der Waals surface area contributed by atoms with Crippen molar-refractivity contribution in [1.82, 2.24) is 4.90 Å². The smallest absolute Gasteiger partial charge is 0.143 e. The highest BCUT2D eigenvalue weighted by atomic mass is 16.5. The zero-order valence-corrected chi connectivity index (χ0v) is 17.8. The van der Waals surface area contributed by atoms with Crippen molar-refractivity contribution in [3.63, 3.8) is 0 Å². The van der Waals surface area contributed by atoms with Crippen molar-refractivity contribution >= 4 is 0 Å². The molecule has 0 aliphatic rings. The molecular weight excluding hydrogens is 354 g/mol. The molecule has 2 nitrogen and oxygen atoms in total. The Morgan fingerprint density at radius 1 is 0.586 bits per heavy atom. The largest absolute Gasteiger partial charge is 0.361 e. The van der Waals surface area contributed by atoms with Crippen LogP contribution in [0.1, 0.15) is 42.4 Å². The summed E-state index contributed by atoms with van der Waals surface area (Å²) in [6.07, 6.45) is 4.76. The third kappa shape index (κ3) is 5.56. The van der Waals surface area contributed by atoms with E-state index in [1.807, 2.05) is 0 Å². The van der Waals surface area contributed by atoms with E-state index in [1.165, 1.54) is 36.0 Å². The lowest BCUT2D eigenvalue weighted by Crippen LogP contribution is -2.33. The van der Waals surface area contributed by atoms with Crippen LogP contribution in [0.4, 0.5) is 0 Å². The first-order chi connectivity index (χ1) is 14.2. The lowest BCUT2D eigenvalue weighted by Gasteiger charge is -2.36. The van der Waals surface area contributed by atoms with Gasteiger partial charge in [0.05, 0.1) is 0 Å². The van der Waals surface area contributed by atoms with Gasteiger partial charge in [-0.05, 0) is 50.2 Å². The van der Waals surface area contributed by atoms with Crippen LogP contribution < -0.4 is 0 Å². The van der Waals surface area contributed by atoms with Gasteiger partial charge in [-0.15, -0.1) is 0 Å². The van der Waals surface area contributed by atoms with E-state index in [4.69, 9.17) is 4.74 Å². The van der Waals surface area contributed by atoms with Crippen LogP contribution in [0, 0.1) is 0 Å². The first-order valence-corrected chi connectivity index (χ1v) is 10.7. The molecule has 3 rings (SSSR count). The van der Waals surface area contributed by atoms with E-state index in [0.717, 1.165) is 19.6 Å². The van der Waals surface area contributed by atoms with Gasteiger partial charge in [-0.3, -0.25) is 0 Å². The molecule has 0 spiro atoms. The predicted octanol–water partition coefficient (Wildman–Crippen LogP) is 6.12. The first kappa shape index (κ1) is 21.3. The maximum atomic E-state index is 6.81. The predicted molar refractivity (Wildman–Crippen MR) is 122 cm³/mol. The Labute approximate surface area is 176 Å². The second-order valence-electron chi connectivity index (χ2n) is 7.85. The minimum Gasteiger partial charge on any atom is -0.361 e. The van der Waals surface area contributed by atoms with Gasteiger partial charge >= 0.3 is 0 Å². The quantitative estimate of drug-likeness (QED) is 0.290. The maximum absolute atomic E-state index is 6.81. The molecule has 0 aromatic heterocycles. The summed E-state index contributed by atoms with van der Waals surface area (Å²) in [5.74, 6) is 0. The van der Waals surface area contributed by atoms with E-state index < -0.39 is 5.60 Å². The minimum absolute atomic E-state index is 0.590. The average molecular weight is 388 g/mol. The summed E-state index contributed by atoms with van der Waals surface area (Å²) in [5, 5.41) is 0. The maximum Gasteiger partial charge on any atom is 0.143 e. The fraction of sp³-hybridized carbons (Fsp3) is 0.333. The van der Waals surface area contributed by atoms with Crippen LogP contribution in [0.15, 0.2) is 91.0 Å². The van der Waals surface area contributed by atoms with E-state index >= 15 is 0 Å². The van der Waals surface area contributed by atoms with Gasteiger partial charge in [-0.2, -0.15) is 0 Å². The summed E-state index contributed by atoms with van der Waals surface area (Å²) in [7, 11) is 4.27. The average Bonchev–Trinajstić information content (AvgIpc) is 2.77. The van der Waals surface area contributed by atoms with Crippen LogP contribution in [0.2, 0.25) is 0 Å². The van der Waals surface area contributed by atoms with Gasteiger partial charge in [-0.1, -0.05) is 104 Å². The number of nitrogens with zero attached hydrogens (tertiary/aromatic N) is 1. The molecule has 0 N–H and O–H groups in total. The molecule has 0 saturated carbocycles. The molecular formula is C27H33NO. The van der Waals surface area contributed by atoms with Crippen LogP contribution in [0.3, 0.4) is 0 Å². The summed E-state index contributed by atoms with van der Waals surface area (Å²) in [4.78, 5) is 2.25. The summed E-state index contributed by atoms with van der Waals surface area (Å²) < 4.78 is 6.81. The van der Waals surface area contributed by atoms with E-state index in [2.05, 4.69) is 110 Å². The topological polar surface area (TPSA) is 12.5 Å². The first-order valence-electron chi connectivity index (χ1n) is 10.7. The van der Waals surface area contributed by atoms with Gasteiger partial charge in [0.25, 0.3) is 0 Å². The lowest BCUT2D eigenvalue weighted by atomic mass is 9.80. The normalized spacial score (nSPS) is 11.7. The highest BCUT2D eigenvalue weighted by Crippen LogP contribution is 2.40. The summed E-state index contributed by atoms with van der Waals surface area (Å²) in [5.41, 5.74) is 2.92. The number of unbranched alkanes of at least 4 members (excludes halogenated alkanes) is 3. The van der Waals surface area contributed by atoms with Crippen LogP contribution in [0.5, 0.6) is 0 Å². The molecule has 0 aliphatic carbocycles. The SMILES string of the molecule is CN(C)CCCCCCOC(c1ccccc1)(c1ccccc1)c1ccccc1. The van der Waals surface area contributed by atoms with E-state index in [0.29, 0.717) is 0 Å². The molecule has 29 heavy (non-hydrogen) atoms. The molecule has 0 saturated heterocycles. The van der Waals surface area contributed by atoms with Crippen LogP contribution in [0.25, 0.3) is 0 Å². The standard InChI is InChI=1S/C27H33NO/c1-28(2)22-14-3-4-15-23-29-27(24-16-8-5-9-17-24,25-18-10-6-11-19-25)26-20-12-7-13-21-26/h5-13,16-21H,3-4,14-15,22-23H2,1-2H3. The second-order valence-corrected chi connectivity index (χ2v) is 7.85. The van der Waals surface area contributed by atoms with Crippen LogP contribution in [-0.2, 0) is 10.3 Å². The third-order valence-corrected chi connectivity index (χ3v) is 5.36. The van der Waals surface area contributed by atoms with Crippen molar-refractivity contribution in [3.8, 4) is 0 Å². The molecule has 0 radical (unpaired) electrons. The van der Waals surface area contributed by atoms with Crippen molar-refractivity contribution in [2.75, 3.05) is 27.2 Å². The fourth-order valence-electron chi connectivity index (χ4n) is 3.88. The molecule has 0 fully saturated rings. The molecule has 0 unspecified atom stereocenters. The third-order valence-electron chi connectivity index (χ3n) is 5.36. The van der Waals surface area contributed by atoms with E-state index in [9.17, 15) is 0 Å². The Balaban J connectivity index is 1.85. The van der Waals surface area contributed by atoms with Crippen molar-refractivity contribution in [3.05, 3.63) is 108 Å². The van der Waals surface area contributed by atoms with Crippen molar-refractivity contribution in [1.29, 1.82) is 0 Å². The van der Waals surface area contributed by atoms with Gasteiger partial charge in [0, 0.05) is 6.61 Å². The Hall–Kier alpha value is -2.42. The van der Waals surface area contributed by atoms with Gasteiger partial charge in [0.15, 0.2) is 0 Å². The molecule has 3 aromatic carbocycles. The number of rotatable bonds is 11. The summed E-state index contributed by atoms with van der Waals surface area (Å²) in [6.45, 7) is 1.89. The second kappa shape index (κ2) is 10.9. The van der Waals surface area contributed by atoms with E-state index in [1.54, 1.807) is 0 Å². The lowest BCUT2D eigenvalue weighted by molar-refractivity contribution is 0.0106. The van der Waals surface area contributed by atoms with Crippen molar-refractivity contribution < 1.29 is 4.74 Å². The van der Waals surface area contributed by atoms with Crippen LogP contribution >= 0.6 is 0 Å². The molecule has 152 valence electrons. The summed E-state index contributed by atoms with van der Waals surface area (Å²) >= 11 is 0. The highest BCUT2D eigenvalue weighted by Gasteiger charge is 2.37. The number of ether oxygens (including phenoxy) is 1. The molecule has 0 atom stereocenters. The zero-order chi connectivity index (χ0) is 20.4. The molecule has 0 aliphatic heterocycles. The Bertz CT molecular complexity index is 718. The molecule has 0 bridgehead atoms. The fourth-order valence-corrected chi connectivity index (χ4v) is 3.88. The molecule has 0 amide bonds. The molecule has 3 aromatic rings. The number of hydrogen-bond donors (Lipinski definition) is 0. The Morgan fingerprint density at radius 3 is 1.41 bits per heavy atom. The van der Waals surface area contributed by atoms with Crippen molar-refractivity contribution in [2.24, 2.45) is 0 Å². The zero-order valence-electron chi connectivity index (χ0n) is 17.8. The highest BCUT2D eigenvalue weighted by molar-refractivity contribution is 5.47. The van der Waals surface area contributed by atoms with Crippen LogP contribution in [-0.4, -0.2) is 32.1 Å². The number of hydrogen-bond acceptors (Lipinski definition) is 2. The number of benzene rings is 3. The summed E-state index contributed by atoms with van der Waals surface area (Å²) in [6, 6.07) is 31.8. The van der Waals surface area contributed by atoms with Gasteiger partial charge in [0.1, 0.15) is 5.60 Å². The minimum atomic E-state index is -0.590. The van der Waals surface area contributed by atoms with E-state index in [-0.39, 0.29) is 0 Å². The van der Waals surface area contributed by atoms with Gasteiger partial charge in [-0.25, -0.2) is 0 Å². The molecule has 0 heterocycles. The van der Waals surface area contributed by atoms with Crippen molar-refractivity contribution in [2.45, 2.75) is 31.3 Å².